The van der Waals surface area contributed by atoms with Crippen molar-refractivity contribution in [3.05, 3.63) is 77.1 Å². The molecule has 3 rings (SSSR count). The number of nitrogens with zero attached hydrogens (tertiary/aromatic N) is 1. The second-order valence-corrected chi connectivity index (χ2v) is 12.9. The Kier molecular flexibility index (Phi) is 13.4. The SMILES string of the molecule is COc1ccc(C[C@H]2NC(=O)/C=C/C[C@@H](C(C)/C=C/c3ccncc3)OC(=O)[C@H](CC(C)C)OC(=O)C(C)(C)CNC2=O)cc1Cl. The number of benzene rings is 1. The molecule has 4 atom stereocenters. The second-order valence-electron chi connectivity index (χ2n) is 12.5. The molecule has 46 heavy (non-hydrogen) atoms. The van der Waals surface area contributed by atoms with Crippen molar-refractivity contribution in [2.75, 3.05) is 13.7 Å². The Hall–Kier alpha value is -4.18. The van der Waals surface area contributed by atoms with Crippen LogP contribution in [0.15, 0.2) is 61.0 Å². The molecule has 10 nitrogen and oxygen atoms in total. The van der Waals surface area contributed by atoms with Crippen LogP contribution in [0, 0.1) is 17.3 Å². The molecule has 0 spiro atoms. The van der Waals surface area contributed by atoms with Crippen LogP contribution in [0.4, 0.5) is 0 Å². The summed E-state index contributed by atoms with van der Waals surface area (Å²) in [4.78, 5) is 57.3. The van der Waals surface area contributed by atoms with Crippen molar-refractivity contribution in [2.24, 2.45) is 17.3 Å². The van der Waals surface area contributed by atoms with Crippen molar-refractivity contribution in [1.82, 2.24) is 15.6 Å². The highest BCUT2D eigenvalue weighted by molar-refractivity contribution is 6.32. The van der Waals surface area contributed by atoms with Gasteiger partial charge in [-0.2, -0.15) is 0 Å². The van der Waals surface area contributed by atoms with E-state index in [0.717, 1.165) is 5.56 Å². The number of amides is 2. The fourth-order valence-corrected chi connectivity index (χ4v) is 4.96. The molecular weight excluding hydrogens is 610 g/mol. The topological polar surface area (TPSA) is 133 Å². The van der Waals surface area contributed by atoms with Crippen molar-refractivity contribution >= 4 is 41.4 Å². The lowest BCUT2D eigenvalue weighted by molar-refractivity contribution is -0.178. The first-order chi connectivity index (χ1) is 21.8. The molecule has 2 heterocycles. The van der Waals surface area contributed by atoms with E-state index in [0.29, 0.717) is 16.3 Å². The van der Waals surface area contributed by atoms with Crippen molar-refractivity contribution in [2.45, 2.75) is 72.1 Å². The molecule has 1 aliphatic rings. The molecule has 2 N–H and O–H groups in total. The van der Waals surface area contributed by atoms with Gasteiger partial charge >= 0.3 is 11.9 Å². The van der Waals surface area contributed by atoms with E-state index in [-0.39, 0.29) is 37.6 Å². The largest absolute Gasteiger partial charge is 0.495 e. The third-order valence-corrected chi connectivity index (χ3v) is 7.83. The Balaban J connectivity index is 1.93. The lowest BCUT2D eigenvalue weighted by atomic mass is 9.93. The first-order valence-corrected chi connectivity index (χ1v) is 15.7. The number of aromatic nitrogens is 1. The predicted molar refractivity (Wildman–Crippen MR) is 176 cm³/mol. The summed E-state index contributed by atoms with van der Waals surface area (Å²) in [5, 5.41) is 5.89. The molecule has 0 bridgehead atoms. The fraction of sp³-hybridized carbons (Fsp3) is 0.457. The summed E-state index contributed by atoms with van der Waals surface area (Å²) in [5.41, 5.74) is 0.425. The van der Waals surface area contributed by atoms with Crippen molar-refractivity contribution in [1.29, 1.82) is 0 Å². The Labute approximate surface area is 275 Å². The first-order valence-electron chi connectivity index (χ1n) is 15.4. The molecule has 11 heteroatoms. The standard InChI is InChI=1S/C35H44ClN3O7/c1-22(2)18-30-33(42)45-28(23(3)10-11-24-14-16-37-17-15-24)8-7-9-31(40)39-27(20-25-12-13-29(44-6)26(36)19-25)32(41)38-21-35(4,5)34(43)46-30/h7,9-17,19,22-23,27-28,30H,8,18,20-21H2,1-6H3,(H,38,41)(H,39,40)/b9-7+,11-10+/t23?,27-,28+,30+/m1/s1. The average Bonchev–Trinajstić information content (AvgIpc) is 3.01. The number of carbonyl (C=O) groups excluding carboxylic acids is 4. The van der Waals surface area contributed by atoms with Crippen molar-refractivity contribution in [3.8, 4) is 5.75 Å². The average molecular weight is 654 g/mol. The van der Waals surface area contributed by atoms with Crippen LogP contribution in [0.1, 0.15) is 58.6 Å². The molecule has 0 saturated carbocycles. The molecule has 1 aromatic heterocycles. The number of cyclic esters (lactones) is 2. The summed E-state index contributed by atoms with van der Waals surface area (Å²) in [7, 11) is 1.50. The van der Waals surface area contributed by atoms with Crippen molar-refractivity contribution in [3.63, 3.8) is 0 Å². The van der Waals surface area contributed by atoms with Crippen LogP contribution in [-0.4, -0.2) is 60.6 Å². The van der Waals surface area contributed by atoms with E-state index in [9.17, 15) is 19.2 Å². The van der Waals surface area contributed by atoms with E-state index in [4.69, 9.17) is 25.8 Å². The van der Waals surface area contributed by atoms with Crippen LogP contribution in [0.25, 0.3) is 6.08 Å². The quantitative estimate of drug-likeness (QED) is 0.377. The van der Waals surface area contributed by atoms with Gasteiger partial charge in [0.1, 0.15) is 17.9 Å². The summed E-state index contributed by atoms with van der Waals surface area (Å²) in [5.74, 6) is -2.09. The van der Waals surface area contributed by atoms with Gasteiger partial charge in [-0.1, -0.05) is 56.7 Å². The maximum Gasteiger partial charge on any atom is 0.347 e. The molecule has 1 unspecified atom stereocenters. The van der Waals surface area contributed by atoms with Gasteiger partial charge in [-0.05, 0) is 67.7 Å². The maximum atomic E-state index is 13.5. The maximum absolute atomic E-state index is 13.5. The van der Waals surface area contributed by atoms with E-state index < -0.39 is 47.4 Å². The zero-order valence-corrected chi connectivity index (χ0v) is 28.0. The molecule has 0 aliphatic carbocycles. The van der Waals surface area contributed by atoms with Crippen LogP contribution in [0.3, 0.4) is 0 Å². The number of carbonyl (C=O) groups is 4. The van der Waals surface area contributed by atoms with Crippen LogP contribution in [0.5, 0.6) is 5.75 Å². The predicted octanol–water partition coefficient (Wildman–Crippen LogP) is 5.09. The van der Waals surface area contributed by atoms with E-state index in [1.165, 1.54) is 13.2 Å². The number of hydrogen-bond acceptors (Lipinski definition) is 8. The lowest BCUT2D eigenvalue weighted by Gasteiger charge is -2.29. The summed E-state index contributed by atoms with van der Waals surface area (Å²) >= 11 is 6.30. The Morgan fingerprint density at radius 1 is 1.09 bits per heavy atom. The van der Waals surface area contributed by atoms with Gasteiger partial charge in [0.2, 0.25) is 11.8 Å². The summed E-state index contributed by atoms with van der Waals surface area (Å²) in [6.07, 6.45) is 8.86. The molecule has 0 radical (unpaired) electrons. The summed E-state index contributed by atoms with van der Waals surface area (Å²) in [6, 6.07) is 7.84. The van der Waals surface area contributed by atoms with E-state index in [1.54, 1.807) is 50.5 Å². The van der Waals surface area contributed by atoms with Crippen LogP contribution in [0.2, 0.25) is 5.02 Å². The van der Waals surface area contributed by atoms with Gasteiger partial charge < -0.3 is 24.8 Å². The van der Waals surface area contributed by atoms with Gasteiger partial charge in [-0.15, -0.1) is 0 Å². The van der Waals surface area contributed by atoms with Crippen LogP contribution in [-0.2, 0) is 35.1 Å². The Bertz CT molecular complexity index is 1420. The smallest absolute Gasteiger partial charge is 0.347 e. The molecule has 2 amide bonds. The lowest BCUT2D eigenvalue weighted by Crippen LogP contribution is -2.51. The molecule has 1 aromatic carbocycles. The Morgan fingerprint density at radius 3 is 2.46 bits per heavy atom. The molecule has 0 fully saturated rings. The number of rotatable bonds is 8. The van der Waals surface area contributed by atoms with E-state index in [2.05, 4.69) is 15.6 Å². The molecule has 1 aliphatic heterocycles. The van der Waals surface area contributed by atoms with E-state index >= 15 is 0 Å². The minimum Gasteiger partial charge on any atom is -0.495 e. The number of hydrogen-bond donors (Lipinski definition) is 2. The fourth-order valence-electron chi connectivity index (χ4n) is 4.68. The third-order valence-electron chi connectivity index (χ3n) is 7.53. The van der Waals surface area contributed by atoms with E-state index in [1.807, 2.05) is 45.1 Å². The zero-order chi connectivity index (χ0) is 33.9. The highest BCUT2D eigenvalue weighted by Gasteiger charge is 2.37. The number of methoxy groups -OCH3 is 1. The third kappa shape index (κ3) is 11.0. The minimum absolute atomic E-state index is 0.0250. The van der Waals surface area contributed by atoms with Gasteiger partial charge in [0.15, 0.2) is 6.10 Å². The van der Waals surface area contributed by atoms with Gasteiger partial charge in [-0.3, -0.25) is 19.4 Å². The monoisotopic (exact) mass is 653 g/mol. The summed E-state index contributed by atoms with van der Waals surface area (Å²) < 4.78 is 16.9. The first kappa shape index (κ1) is 36.3. The van der Waals surface area contributed by atoms with Gasteiger partial charge in [0.25, 0.3) is 0 Å². The Morgan fingerprint density at radius 2 is 1.80 bits per heavy atom. The summed E-state index contributed by atoms with van der Waals surface area (Å²) in [6.45, 7) is 8.87. The highest BCUT2D eigenvalue weighted by atomic mass is 35.5. The molecule has 0 saturated heterocycles. The van der Waals surface area contributed by atoms with Gasteiger partial charge in [-0.25, -0.2) is 4.79 Å². The number of pyridine rings is 1. The number of esters is 2. The minimum atomic E-state index is -1.19. The molecular formula is C35H44ClN3O7. The molecule has 248 valence electrons. The van der Waals surface area contributed by atoms with Crippen molar-refractivity contribution < 1.29 is 33.4 Å². The van der Waals surface area contributed by atoms with Crippen LogP contribution < -0.4 is 15.4 Å². The molecule has 2 aromatic rings. The zero-order valence-electron chi connectivity index (χ0n) is 27.2. The number of halogens is 1. The van der Waals surface area contributed by atoms with Crippen LogP contribution >= 0.6 is 11.6 Å². The second kappa shape index (κ2) is 16.9. The number of ether oxygens (including phenoxy) is 3. The normalized spacial score (nSPS) is 22.8. The highest BCUT2D eigenvalue weighted by Crippen LogP contribution is 2.26. The number of nitrogens with one attached hydrogen (secondary N) is 2. The van der Waals surface area contributed by atoms with Gasteiger partial charge in [0, 0.05) is 37.7 Å². The van der Waals surface area contributed by atoms with Gasteiger partial charge in [0.05, 0.1) is 17.5 Å².